The summed E-state index contributed by atoms with van der Waals surface area (Å²) in [6, 6.07) is 12.2. The monoisotopic (exact) mass is 241 g/mol. The van der Waals surface area contributed by atoms with Gasteiger partial charge in [-0.3, -0.25) is 10.1 Å². The third-order valence-electron chi connectivity index (χ3n) is 2.78. The van der Waals surface area contributed by atoms with Crippen LogP contribution in [0.5, 0.6) is 0 Å². The lowest BCUT2D eigenvalue weighted by Crippen LogP contribution is -2.05. The van der Waals surface area contributed by atoms with E-state index in [-0.39, 0.29) is 0 Å². The molecule has 3 aromatic rings. The number of rotatable bonds is 1. The van der Waals surface area contributed by atoms with Gasteiger partial charge in [0.25, 0.3) is 0 Å². The summed E-state index contributed by atoms with van der Waals surface area (Å²) in [5.41, 5.74) is -1.12. The summed E-state index contributed by atoms with van der Waals surface area (Å²) in [4.78, 5) is 21.3. The summed E-state index contributed by atoms with van der Waals surface area (Å²) in [6.45, 7) is 0. The molecule has 88 valence electrons. The molecule has 5 nitrogen and oxygen atoms in total. The zero-order chi connectivity index (χ0) is 12.7. The van der Waals surface area contributed by atoms with Gasteiger partial charge in [0.1, 0.15) is 5.58 Å². The van der Waals surface area contributed by atoms with E-state index in [9.17, 15) is 14.9 Å². The molecule has 0 saturated heterocycles. The average molecular weight is 241 g/mol. The molecule has 0 unspecified atom stereocenters. The van der Waals surface area contributed by atoms with Crippen molar-refractivity contribution in [2.45, 2.75) is 0 Å². The van der Waals surface area contributed by atoms with Crippen LogP contribution in [0.4, 0.5) is 5.69 Å². The molecule has 0 fully saturated rings. The first kappa shape index (κ1) is 10.5. The Kier molecular flexibility index (Phi) is 2.13. The van der Waals surface area contributed by atoms with E-state index in [0.717, 1.165) is 10.8 Å². The number of nitro groups is 1. The number of fused-ring (bicyclic) bond motifs is 2. The van der Waals surface area contributed by atoms with Crippen LogP contribution in [0.3, 0.4) is 0 Å². The van der Waals surface area contributed by atoms with Crippen molar-refractivity contribution in [3.8, 4) is 0 Å². The van der Waals surface area contributed by atoms with E-state index in [4.69, 9.17) is 4.42 Å². The van der Waals surface area contributed by atoms with Crippen molar-refractivity contribution in [3.63, 3.8) is 0 Å². The van der Waals surface area contributed by atoms with Crippen molar-refractivity contribution >= 4 is 27.4 Å². The predicted octanol–water partition coefficient (Wildman–Crippen LogP) is 2.85. The van der Waals surface area contributed by atoms with Crippen LogP contribution >= 0.6 is 0 Å². The summed E-state index contributed by atoms with van der Waals surface area (Å²) >= 11 is 0. The third kappa shape index (κ3) is 1.53. The fraction of sp³-hybridized carbons (Fsp3) is 0. The van der Waals surface area contributed by atoms with E-state index in [0.29, 0.717) is 11.0 Å². The Morgan fingerprint density at radius 2 is 1.67 bits per heavy atom. The zero-order valence-electron chi connectivity index (χ0n) is 9.12. The Balaban J connectivity index is 2.44. The SMILES string of the molecule is O=c1oc2cc3ccccc3cc2cc1[N+](=O)[O-]. The molecule has 0 aliphatic carbocycles. The maximum Gasteiger partial charge on any atom is 0.415 e. The molecule has 0 atom stereocenters. The van der Waals surface area contributed by atoms with Crippen molar-refractivity contribution in [2.75, 3.05) is 0 Å². The number of benzene rings is 2. The Labute approximate surface area is 100 Å². The van der Waals surface area contributed by atoms with Crippen molar-refractivity contribution in [1.82, 2.24) is 0 Å². The Hall–Kier alpha value is -2.69. The van der Waals surface area contributed by atoms with Crippen LogP contribution < -0.4 is 5.63 Å². The number of nitrogens with zero attached hydrogens (tertiary/aromatic N) is 1. The van der Waals surface area contributed by atoms with Crippen LogP contribution in [-0.2, 0) is 0 Å². The van der Waals surface area contributed by atoms with Gasteiger partial charge in [-0.15, -0.1) is 0 Å². The van der Waals surface area contributed by atoms with Crippen molar-refractivity contribution < 1.29 is 9.34 Å². The minimum atomic E-state index is -0.928. The molecular weight excluding hydrogens is 234 g/mol. The quantitative estimate of drug-likeness (QED) is 0.284. The highest BCUT2D eigenvalue weighted by atomic mass is 16.6. The average Bonchev–Trinajstić information content (AvgIpc) is 2.35. The van der Waals surface area contributed by atoms with Gasteiger partial charge in [-0.1, -0.05) is 24.3 Å². The lowest BCUT2D eigenvalue weighted by molar-refractivity contribution is -0.387. The molecule has 5 heteroatoms. The molecular formula is C13H7NO4. The van der Waals surface area contributed by atoms with Crippen LogP contribution in [0.1, 0.15) is 0 Å². The Bertz CT molecular complexity index is 835. The molecule has 0 bridgehead atoms. The highest BCUT2D eigenvalue weighted by Crippen LogP contribution is 2.23. The molecule has 3 rings (SSSR count). The van der Waals surface area contributed by atoms with Crippen molar-refractivity contribution in [2.24, 2.45) is 0 Å². The zero-order valence-corrected chi connectivity index (χ0v) is 9.12. The van der Waals surface area contributed by atoms with E-state index in [1.54, 1.807) is 12.1 Å². The van der Waals surface area contributed by atoms with Gasteiger partial charge >= 0.3 is 11.3 Å². The molecule has 2 aromatic carbocycles. The van der Waals surface area contributed by atoms with Gasteiger partial charge in [0, 0.05) is 11.5 Å². The lowest BCUT2D eigenvalue weighted by atomic mass is 10.1. The number of hydrogen-bond acceptors (Lipinski definition) is 4. The van der Waals surface area contributed by atoms with E-state index in [1.807, 2.05) is 24.3 Å². The van der Waals surface area contributed by atoms with Gasteiger partial charge in [0.05, 0.1) is 4.92 Å². The normalized spacial score (nSPS) is 10.9. The van der Waals surface area contributed by atoms with Crippen LogP contribution in [0, 0.1) is 10.1 Å². The summed E-state index contributed by atoms with van der Waals surface area (Å²) in [6.07, 6.45) is 0. The largest absolute Gasteiger partial charge is 0.418 e. The second-order valence-corrected chi connectivity index (χ2v) is 3.91. The first-order valence-corrected chi connectivity index (χ1v) is 5.26. The standard InChI is InChI=1S/C13H7NO4/c15-13-11(14(16)17)6-10-5-8-3-1-2-4-9(8)7-12(10)18-13/h1-7H. The summed E-state index contributed by atoms with van der Waals surface area (Å²) < 4.78 is 4.96. The molecule has 1 heterocycles. The van der Waals surface area contributed by atoms with Crippen LogP contribution in [0.2, 0.25) is 0 Å². The summed E-state index contributed by atoms with van der Waals surface area (Å²) in [5.74, 6) is 0. The first-order chi connectivity index (χ1) is 8.65. The molecule has 0 radical (unpaired) electrons. The molecule has 0 saturated carbocycles. The third-order valence-corrected chi connectivity index (χ3v) is 2.78. The van der Waals surface area contributed by atoms with Gasteiger partial charge < -0.3 is 4.42 Å². The fourth-order valence-electron chi connectivity index (χ4n) is 1.92. The van der Waals surface area contributed by atoms with Gasteiger partial charge in [-0.05, 0) is 22.9 Å². The van der Waals surface area contributed by atoms with Gasteiger partial charge in [0.2, 0.25) is 0 Å². The van der Waals surface area contributed by atoms with Crippen LogP contribution in [0.15, 0.2) is 51.7 Å². The fourth-order valence-corrected chi connectivity index (χ4v) is 1.92. The molecule has 0 amide bonds. The first-order valence-electron chi connectivity index (χ1n) is 5.26. The second-order valence-electron chi connectivity index (χ2n) is 3.91. The Morgan fingerprint density at radius 1 is 1.00 bits per heavy atom. The maximum absolute atomic E-state index is 11.4. The maximum atomic E-state index is 11.4. The lowest BCUT2D eigenvalue weighted by Gasteiger charge is -2.00. The van der Waals surface area contributed by atoms with Gasteiger partial charge in [-0.25, -0.2) is 4.79 Å². The summed E-state index contributed by atoms with van der Waals surface area (Å²) in [7, 11) is 0. The number of hydrogen-bond donors (Lipinski definition) is 0. The minimum absolute atomic E-state index is 0.351. The smallest absolute Gasteiger partial charge is 0.415 e. The van der Waals surface area contributed by atoms with Gasteiger partial charge in [-0.2, -0.15) is 0 Å². The Morgan fingerprint density at radius 3 is 2.33 bits per heavy atom. The minimum Gasteiger partial charge on any atom is -0.418 e. The van der Waals surface area contributed by atoms with Crippen LogP contribution in [0.25, 0.3) is 21.7 Å². The predicted molar refractivity (Wildman–Crippen MR) is 66.6 cm³/mol. The molecule has 1 aromatic heterocycles. The second kappa shape index (κ2) is 3.66. The van der Waals surface area contributed by atoms with Crippen molar-refractivity contribution in [3.05, 3.63) is 63.0 Å². The van der Waals surface area contributed by atoms with E-state index >= 15 is 0 Å². The molecule has 0 N–H and O–H groups in total. The van der Waals surface area contributed by atoms with Crippen molar-refractivity contribution in [1.29, 1.82) is 0 Å². The molecule has 0 aliphatic heterocycles. The highest BCUT2D eigenvalue weighted by Gasteiger charge is 2.15. The van der Waals surface area contributed by atoms with E-state index in [1.165, 1.54) is 6.07 Å². The topological polar surface area (TPSA) is 73.3 Å². The summed E-state index contributed by atoms with van der Waals surface area (Å²) in [5, 5.41) is 13.1. The molecule has 18 heavy (non-hydrogen) atoms. The van der Waals surface area contributed by atoms with E-state index in [2.05, 4.69) is 0 Å². The van der Waals surface area contributed by atoms with Crippen LogP contribution in [-0.4, -0.2) is 4.92 Å². The van der Waals surface area contributed by atoms with Gasteiger partial charge in [0.15, 0.2) is 0 Å². The highest BCUT2D eigenvalue weighted by molar-refractivity contribution is 5.96. The molecule has 0 spiro atoms. The van der Waals surface area contributed by atoms with E-state index < -0.39 is 16.2 Å². The molecule has 0 aliphatic rings.